The first kappa shape index (κ1) is 23.8. The normalized spacial score (nSPS) is 19.1. The van der Waals surface area contributed by atoms with Gasteiger partial charge in [0.2, 0.25) is 0 Å². The van der Waals surface area contributed by atoms with Gasteiger partial charge in [0.15, 0.2) is 5.78 Å². The molecular weight excluding hydrogens is 400 g/mol. The van der Waals surface area contributed by atoms with Crippen molar-refractivity contribution in [1.82, 2.24) is 0 Å². The van der Waals surface area contributed by atoms with Gasteiger partial charge in [0, 0.05) is 24.3 Å². The maximum absolute atomic E-state index is 11.9. The molecule has 170 valence electrons. The number of benzene rings is 2. The molecule has 1 atom stereocenters. The van der Waals surface area contributed by atoms with Crippen molar-refractivity contribution in [2.24, 2.45) is 0 Å². The first-order chi connectivity index (χ1) is 15.5. The average molecular weight is 435 g/mol. The van der Waals surface area contributed by atoms with Crippen LogP contribution in [0.4, 0.5) is 0 Å². The average Bonchev–Trinajstić information content (AvgIpc) is 3.07. The van der Waals surface area contributed by atoms with Crippen LogP contribution in [-0.2, 0) is 22.4 Å². The van der Waals surface area contributed by atoms with E-state index in [-0.39, 0.29) is 11.7 Å². The number of hydrogen-bond acceptors (Lipinski definition) is 4. The topological polar surface area (TPSA) is 52.6 Å². The van der Waals surface area contributed by atoms with Crippen LogP contribution in [0.3, 0.4) is 0 Å². The molecule has 0 aliphatic heterocycles. The van der Waals surface area contributed by atoms with E-state index < -0.39 is 0 Å². The molecule has 0 N–H and O–H groups in total. The second-order valence-electron chi connectivity index (χ2n) is 8.35. The Hall–Kier alpha value is -2.88. The van der Waals surface area contributed by atoms with Crippen LogP contribution in [0.5, 0.6) is 11.5 Å². The van der Waals surface area contributed by atoms with Crippen LogP contribution in [-0.4, -0.2) is 25.8 Å². The zero-order chi connectivity index (χ0) is 23.1. The molecule has 2 aromatic rings. The van der Waals surface area contributed by atoms with Gasteiger partial charge in [-0.3, -0.25) is 9.59 Å². The highest BCUT2D eigenvalue weighted by Crippen LogP contribution is 2.33. The summed E-state index contributed by atoms with van der Waals surface area (Å²) < 4.78 is 10.4. The van der Waals surface area contributed by atoms with E-state index in [1.54, 1.807) is 14.2 Å². The van der Waals surface area contributed by atoms with Gasteiger partial charge < -0.3 is 9.47 Å². The maximum Gasteiger partial charge on any atom is 0.163 e. The number of ketones is 2. The lowest BCUT2D eigenvalue weighted by molar-refractivity contribution is -0.120. The van der Waals surface area contributed by atoms with E-state index in [1.165, 1.54) is 16.7 Å². The number of hydrogen-bond donors (Lipinski definition) is 0. The number of ether oxygens (including phenoxy) is 2. The fraction of sp³-hybridized carbons (Fsp3) is 0.429. The largest absolute Gasteiger partial charge is 0.497 e. The van der Waals surface area contributed by atoms with E-state index in [4.69, 9.17) is 9.47 Å². The number of carbonyl (C=O) groups excluding carboxylic acids is 2. The third-order valence-corrected chi connectivity index (χ3v) is 6.43. The predicted octanol–water partition coefficient (Wildman–Crippen LogP) is 6.10. The molecule has 2 aliphatic carbocycles. The molecule has 0 amide bonds. The van der Waals surface area contributed by atoms with Crippen molar-refractivity contribution in [1.29, 1.82) is 0 Å². The van der Waals surface area contributed by atoms with Crippen LogP contribution in [0.1, 0.15) is 74.1 Å². The molecule has 0 bridgehead atoms. The third-order valence-electron chi connectivity index (χ3n) is 6.43. The second-order valence-corrected chi connectivity index (χ2v) is 8.35. The van der Waals surface area contributed by atoms with Gasteiger partial charge in [-0.05, 0) is 85.5 Å². The first-order valence-electron chi connectivity index (χ1n) is 11.6. The molecule has 4 nitrogen and oxygen atoms in total. The fourth-order valence-electron chi connectivity index (χ4n) is 4.72. The smallest absolute Gasteiger partial charge is 0.163 e. The molecule has 0 radical (unpaired) electrons. The van der Waals surface area contributed by atoms with Crippen molar-refractivity contribution in [2.45, 2.75) is 64.7 Å². The number of Topliss-reactive ketones (excluding diaryl/α,β-unsaturated/α-hetero) is 2. The number of fused-ring (bicyclic) bond motifs is 2. The van der Waals surface area contributed by atoms with Crippen LogP contribution in [0.25, 0.3) is 5.57 Å². The van der Waals surface area contributed by atoms with Gasteiger partial charge in [0.25, 0.3) is 0 Å². The Morgan fingerprint density at radius 3 is 2.16 bits per heavy atom. The minimum atomic E-state index is 0.100. The van der Waals surface area contributed by atoms with Gasteiger partial charge in [-0.25, -0.2) is 0 Å². The Morgan fingerprint density at radius 2 is 1.50 bits per heavy atom. The molecule has 2 aromatic carbocycles. The van der Waals surface area contributed by atoms with E-state index in [2.05, 4.69) is 19.1 Å². The summed E-state index contributed by atoms with van der Waals surface area (Å²) in [6.45, 7) is 4.01. The molecule has 0 saturated heterocycles. The predicted molar refractivity (Wildman–Crippen MR) is 129 cm³/mol. The van der Waals surface area contributed by atoms with Crippen molar-refractivity contribution in [3.8, 4) is 11.5 Å². The molecule has 4 rings (SSSR count). The SMILES string of the molecule is C/C=C1/C(=O)CCCc2cc(OC)ccc21.CCC1C(=O)CCCc2cc(OC)ccc21. The van der Waals surface area contributed by atoms with Gasteiger partial charge in [0.1, 0.15) is 17.3 Å². The lowest BCUT2D eigenvalue weighted by Gasteiger charge is -2.15. The van der Waals surface area contributed by atoms with E-state index >= 15 is 0 Å². The number of aryl methyl sites for hydroxylation is 2. The minimum absolute atomic E-state index is 0.100. The summed E-state index contributed by atoms with van der Waals surface area (Å²) in [5.41, 5.74) is 5.65. The molecule has 2 aliphatic rings. The van der Waals surface area contributed by atoms with Crippen LogP contribution in [0.2, 0.25) is 0 Å². The molecule has 0 heterocycles. The number of carbonyl (C=O) groups is 2. The van der Waals surface area contributed by atoms with Crippen molar-refractivity contribution in [2.75, 3.05) is 14.2 Å². The lowest BCUT2D eigenvalue weighted by atomic mass is 9.89. The van der Waals surface area contributed by atoms with Crippen LogP contribution in [0, 0.1) is 0 Å². The van der Waals surface area contributed by atoms with Crippen molar-refractivity contribution in [3.05, 3.63) is 64.7 Å². The van der Waals surface area contributed by atoms with E-state index in [0.29, 0.717) is 12.2 Å². The van der Waals surface area contributed by atoms with Crippen LogP contribution < -0.4 is 9.47 Å². The quantitative estimate of drug-likeness (QED) is 0.433. The van der Waals surface area contributed by atoms with Gasteiger partial charge in [-0.1, -0.05) is 25.1 Å². The van der Waals surface area contributed by atoms with Gasteiger partial charge in [0.05, 0.1) is 14.2 Å². The van der Waals surface area contributed by atoms with Crippen molar-refractivity contribution >= 4 is 17.1 Å². The molecule has 32 heavy (non-hydrogen) atoms. The Morgan fingerprint density at radius 1 is 0.875 bits per heavy atom. The summed E-state index contributed by atoms with van der Waals surface area (Å²) in [4.78, 5) is 23.8. The number of rotatable bonds is 3. The first-order valence-corrected chi connectivity index (χ1v) is 11.6. The Labute approximate surface area is 191 Å². The summed E-state index contributed by atoms with van der Waals surface area (Å²) in [5.74, 6) is 2.51. The molecule has 4 heteroatoms. The fourth-order valence-corrected chi connectivity index (χ4v) is 4.72. The van der Waals surface area contributed by atoms with Gasteiger partial charge >= 0.3 is 0 Å². The van der Waals surface area contributed by atoms with Crippen LogP contribution in [0.15, 0.2) is 42.5 Å². The standard InChI is InChI=1S/C14H18O2.C14H16O2/c2*1-3-12-13-8-7-11(16-2)9-10(13)5-4-6-14(12)15/h7-9,12H,3-6H2,1-2H3;3,7-9H,4-6H2,1-2H3/b;12-3+. The number of methoxy groups -OCH3 is 2. The van der Waals surface area contributed by atoms with Crippen LogP contribution >= 0.6 is 0 Å². The highest BCUT2D eigenvalue weighted by molar-refractivity contribution is 6.21. The Bertz CT molecular complexity index is 1000. The van der Waals surface area contributed by atoms with E-state index in [0.717, 1.165) is 61.2 Å². The van der Waals surface area contributed by atoms with Crippen molar-refractivity contribution < 1.29 is 19.1 Å². The Balaban J connectivity index is 0.000000181. The summed E-state index contributed by atoms with van der Waals surface area (Å²) in [6.07, 6.45) is 8.03. The lowest BCUT2D eigenvalue weighted by Crippen LogP contribution is -2.10. The zero-order valence-electron chi connectivity index (χ0n) is 19.7. The maximum atomic E-state index is 11.9. The van der Waals surface area contributed by atoms with E-state index in [9.17, 15) is 9.59 Å². The molecule has 0 aromatic heterocycles. The van der Waals surface area contributed by atoms with Crippen molar-refractivity contribution in [3.63, 3.8) is 0 Å². The minimum Gasteiger partial charge on any atom is -0.497 e. The molecule has 1 unspecified atom stereocenters. The highest BCUT2D eigenvalue weighted by Gasteiger charge is 2.24. The highest BCUT2D eigenvalue weighted by atomic mass is 16.5. The summed E-state index contributed by atoms with van der Waals surface area (Å²) in [7, 11) is 3.35. The van der Waals surface area contributed by atoms with E-state index in [1.807, 2.05) is 37.3 Å². The molecule has 0 saturated carbocycles. The second kappa shape index (κ2) is 11.1. The zero-order valence-corrected chi connectivity index (χ0v) is 19.7. The number of allylic oxidation sites excluding steroid dienone is 2. The monoisotopic (exact) mass is 434 g/mol. The van der Waals surface area contributed by atoms with Gasteiger partial charge in [-0.15, -0.1) is 0 Å². The molecular formula is C28H34O4. The third kappa shape index (κ3) is 5.29. The molecule has 0 fully saturated rings. The summed E-state index contributed by atoms with van der Waals surface area (Å²) in [6, 6.07) is 12.0. The molecule has 0 spiro atoms. The van der Waals surface area contributed by atoms with Gasteiger partial charge in [-0.2, -0.15) is 0 Å². The summed E-state index contributed by atoms with van der Waals surface area (Å²) in [5, 5.41) is 0. The Kier molecular flexibility index (Phi) is 8.26. The summed E-state index contributed by atoms with van der Waals surface area (Å²) >= 11 is 0.